The molecule has 4 aliphatic carbocycles. The lowest BCUT2D eigenvalue weighted by Gasteiger charge is -2.60. The summed E-state index contributed by atoms with van der Waals surface area (Å²) in [6, 6.07) is 0.175. The van der Waals surface area contributed by atoms with Gasteiger partial charge >= 0.3 is 0 Å². The zero-order chi connectivity index (χ0) is 21.0. The molecular formula is C22H34N4O3. The molecule has 2 amide bonds. The maximum absolute atomic E-state index is 13.2. The first-order valence-electron chi connectivity index (χ1n) is 10.8. The van der Waals surface area contributed by atoms with Crippen LogP contribution < -0.4 is 10.6 Å². The summed E-state index contributed by atoms with van der Waals surface area (Å²) >= 11 is 0. The summed E-state index contributed by atoms with van der Waals surface area (Å²) in [5.74, 6) is 1.53. The molecule has 160 valence electrons. The van der Waals surface area contributed by atoms with Gasteiger partial charge in [-0.1, -0.05) is 0 Å². The highest BCUT2D eigenvalue weighted by Gasteiger charge is 2.56. The third kappa shape index (κ3) is 3.69. The Morgan fingerprint density at radius 2 is 1.90 bits per heavy atom. The van der Waals surface area contributed by atoms with E-state index in [1.807, 2.05) is 4.68 Å². The molecule has 0 spiro atoms. The van der Waals surface area contributed by atoms with Crippen LogP contribution >= 0.6 is 0 Å². The first-order valence-corrected chi connectivity index (χ1v) is 10.8. The van der Waals surface area contributed by atoms with Gasteiger partial charge in [0.25, 0.3) is 5.91 Å². The standard InChI is InChI=1S/C22H34N4O3/c1-13(27)25-22-8-14-6-15(9-22)19(16(7-14)10-22)24-20(28)17-11-23-26(21(2,3)4)18(17)12-29-5/h11,14-16,19H,6-10,12H2,1-5H3,(H,24,28)(H,25,27)/t14?,15-,16+,19?,22?. The van der Waals surface area contributed by atoms with Crippen LogP contribution in [0.3, 0.4) is 0 Å². The summed E-state index contributed by atoms with van der Waals surface area (Å²) in [7, 11) is 1.64. The lowest BCUT2D eigenvalue weighted by molar-refractivity contribution is -0.125. The number of methoxy groups -OCH3 is 1. The van der Waals surface area contributed by atoms with Crippen molar-refractivity contribution in [1.29, 1.82) is 0 Å². The van der Waals surface area contributed by atoms with Crippen LogP contribution in [-0.2, 0) is 21.7 Å². The second kappa shape index (κ2) is 7.11. The molecule has 7 nitrogen and oxygen atoms in total. The van der Waals surface area contributed by atoms with E-state index in [1.165, 1.54) is 0 Å². The van der Waals surface area contributed by atoms with Crippen molar-refractivity contribution in [2.75, 3.05) is 7.11 Å². The van der Waals surface area contributed by atoms with Crippen LogP contribution in [0.25, 0.3) is 0 Å². The van der Waals surface area contributed by atoms with Crippen LogP contribution in [0.2, 0.25) is 0 Å². The maximum atomic E-state index is 13.2. The second-order valence-electron chi connectivity index (χ2n) is 10.5. The number of rotatable bonds is 5. The van der Waals surface area contributed by atoms with Crippen molar-refractivity contribution < 1.29 is 14.3 Å². The van der Waals surface area contributed by atoms with Gasteiger partial charge in [0.05, 0.1) is 29.6 Å². The number of nitrogens with one attached hydrogen (secondary N) is 2. The van der Waals surface area contributed by atoms with Gasteiger partial charge in [0.15, 0.2) is 0 Å². The van der Waals surface area contributed by atoms with Crippen molar-refractivity contribution in [3.8, 4) is 0 Å². The Labute approximate surface area is 172 Å². The minimum absolute atomic E-state index is 0.0537. The van der Waals surface area contributed by atoms with Crippen LogP contribution in [0.5, 0.6) is 0 Å². The average Bonchev–Trinajstić information content (AvgIpc) is 3.00. The molecule has 5 rings (SSSR count). The predicted molar refractivity (Wildman–Crippen MR) is 109 cm³/mol. The largest absolute Gasteiger partial charge is 0.378 e. The molecule has 4 fully saturated rings. The zero-order valence-electron chi connectivity index (χ0n) is 18.2. The van der Waals surface area contributed by atoms with E-state index in [2.05, 4.69) is 36.5 Å². The number of ether oxygens (including phenoxy) is 1. The van der Waals surface area contributed by atoms with E-state index in [9.17, 15) is 9.59 Å². The monoisotopic (exact) mass is 402 g/mol. The quantitative estimate of drug-likeness (QED) is 0.793. The van der Waals surface area contributed by atoms with Gasteiger partial charge in [-0.05, 0) is 70.6 Å². The van der Waals surface area contributed by atoms with E-state index >= 15 is 0 Å². The number of hydrogen-bond acceptors (Lipinski definition) is 4. The summed E-state index contributed by atoms with van der Waals surface area (Å²) in [5, 5.41) is 11.1. The molecule has 3 unspecified atom stereocenters. The van der Waals surface area contributed by atoms with E-state index < -0.39 is 0 Å². The molecule has 0 radical (unpaired) electrons. The summed E-state index contributed by atoms with van der Waals surface area (Å²) in [5.41, 5.74) is 1.14. The third-order valence-electron chi connectivity index (χ3n) is 7.04. The molecule has 4 bridgehead atoms. The molecule has 1 aromatic rings. The molecular weight excluding hydrogens is 368 g/mol. The molecule has 0 saturated heterocycles. The van der Waals surface area contributed by atoms with Crippen molar-refractivity contribution in [3.05, 3.63) is 17.5 Å². The Morgan fingerprint density at radius 1 is 1.24 bits per heavy atom. The SMILES string of the molecule is COCc1c(C(=O)NC2[C@@H]3CC4C[C@H]2CC(NC(C)=O)(C4)C3)cnn1C(C)(C)C. The molecule has 1 heterocycles. The molecule has 7 heteroatoms. The number of carbonyl (C=O) groups is 2. The normalized spacial score (nSPS) is 33.0. The van der Waals surface area contributed by atoms with Crippen molar-refractivity contribution in [2.45, 2.75) is 83.5 Å². The van der Waals surface area contributed by atoms with Gasteiger partial charge in [-0.2, -0.15) is 5.10 Å². The topological polar surface area (TPSA) is 85.2 Å². The number of nitrogens with zero attached hydrogens (tertiary/aromatic N) is 2. The number of amides is 2. The zero-order valence-corrected chi connectivity index (χ0v) is 18.2. The van der Waals surface area contributed by atoms with E-state index in [0.717, 1.165) is 37.8 Å². The minimum Gasteiger partial charge on any atom is -0.378 e. The first kappa shape index (κ1) is 20.4. The average molecular weight is 403 g/mol. The van der Waals surface area contributed by atoms with E-state index in [4.69, 9.17) is 4.74 Å². The molecule has 0 aliphatic heterocycles. The van der Waals surface area contributed by atoms with Gasteiger partial charge in [-0.15, -0.1) is 0 Å². The molecule has 2 N–H and O–H groups in total. The van der Waals surface area contributed by atoms with E-state index in [0.29, 0.717) is 29.9 Å². The van der Waals surface area contributed by atoms with Gasteiger partial charge in [-0.3, -0.25) is 14.3 Å². The highest BCUT2D eigenvalue weighted by Crippen LogP contribution is 2.55. The van der Waals surface area contributed by atoms with Crippen molar-refractivity contribution in [1.82, 2.24) is 20.4 Å². The summed E-state index contributed by atoms with van der Waals surface area (Å²) < 4.78 is 7.25. The summed E-state index contributed by atoms with van der Waals surface area (Å²) in [6.45, 7) is 8.17. The van der Waals surface area contributed by atoms with Crippen LogP contribution in [-0.4, -0.2) is 40.3 Å². The highest BCUT2D eigenvalue weighted by molar-refractivity contribution is 5.95. The second-order valence-corrected chi connectivity index (χ2v) is 10.5. The lowest BCUT2D eigenvalue weighted by Crippen LogP contribution is -2.66. The number of hydrogen-bond donors (Lipinski definition) is 2. The number of aromatic nitrogens is 2. The van der Waals surface area contributed by atoms with Crippen LogP contribution in [0, 0.1) is 17.8 Å². The van der Waals surface area contributed by atoms with Gasteiger partial charge in [0.1, 0.15) is 0 Å². The Balaban J connectivity index is 1.53. The van der Waals surface area contributed by atoms with Gasteiger partial charge in [0, 0.05) is 25.6 Å². The Morgan fingerprint density at radius 3 is 2.45 bits per heavy atom. The number of carbonyl (C=O) groups excluding carboxylic acids is 2. The molecule has 1 aromatic heterocycles. The fourth-order valence-corrected chi connectivity index (χ4v) is 6.43. The van der Waals surface area contributed by atoms with Gasteiger partial charge in [0.2, 0.25) is 5.91 Å². The Kier molecular flexibility index (Phi) is 5.00. The fourth-order valence-electron chi connectivity index (χ4n) is 6.43. The molecule has 4 saturated carbocycles. The summed E-state index contributed by atoms with van der Waals surface area (Å²) in [4.78, 5) is 25.0. The van der Waals surface area contributed by atoms with Crippen molar-refractivity contribution >= 4 is 11.8 Å². The van der Waals surface area contributed by atoms with Gasteiger partial charge < -0.3 is 15.4 Å². The predicted octanol–water partition coefficient (Wildman–Crippen LogP) is 2.60. The highest BCUT2D eigenvalue weighted by atomic mass is 16.5. The van der Waals surface area contributed by atoms with Gasteiger partial charge in [-0.25, -0.2) is 0 Å². The third-order valence-corrected chi connectivity index (χ3v) is 7.04. The van der Waals surface area contributed by atoms with Crippen molar-refractivity contribution in [3.63, 3.8) is 0 Å². The first-order chi connectivity index (χ1) is 13.6. The smallest absolute Gasteiger partial charge is 0.255 e. The van der Waals surface area contributed by atoms with Crippen LogP contribution in [0.4, 0.5) is 0 Å². The molecule has 0 aromatic carbocycles. The van der Waals surface area contributed by atoms with E-state index in [-0.39, 0.29) is 28.9 Å². The van der Waals surface area contributed by atoms with E-state index in [1.54, 1.807) is 20.2 Å². The molecule has 4 aliphatic rings. The molecule has 5 atom stereocenters. The molecule has 29 heavy (non-hydrogen) atoms. The maximum Gasteiger partial charge on any atom is 0.255 e. The van der Waals surface area contributed by atoms with Crippen molar-refractivity contribution in [2.24, 2.45) is 17.8 Å². The Bertz CT molecular complexity index is 793. The fraction of sp³-hybridized carbons (Fsp3) is 0.773. The Hall–Kier alpha value is -1.89. The lowest BCUT2D eigenvalue weighted by atomic mass is 9.51. The van der Waals surface area contributed by atoms with Crippen LogP contribution in [0.1, 0.15) is 75.9 Å². The van der Waals surface area contributed by atoms with Crippen LogP contribution in [0.15, 0.2) is 6.20 Å². The minimum atomic E-state index is -0.222. The summed E-state index contributed by atoms with van der Waals surface area (Å²) in [6.07, 6.45) is 7.00.